The van der Waals surface area contributed by atoms with E-state index in [2.05, 4.69) is 25.3 Å². The summed E-state index contributed by atoms with van der Waals surface area (Å²) in [7, 11) is 1.58. The van der Waals surface area contributed by atoms with Crippen LogP contribution in [-0.4, -0.2) is 52.2 Å². The Balaban J connectivity index is 1.33. The van der Waals surface area contributed by atoms with Gasteiger partial charge in [-0.3, -0.25) is 0 Å². The van der Waals surface area contributed by atoms with Crippen molar-refractivity contribution in [2.75, 3.05) is 30.4 Å². The number of methoxy groups -OCH3 is 1. The van der Waals surface area contributed by atoms with E-state index in [9.17, 15) is 13.2 Å². The van der Waals surface area contributed by atoms with Crippen LogP contribution in [0.2, 0.25) is 5.02 Å². The van der Waals surface area contributed by atoms with Crippen molar-refractivity contribution in [2.24, 2.45) is 11.8 Å². The predicted octanol–water partition coefficient (Wildman–Crippen LogP) is 5.02. The van der Waals surface area contributed by atoms with E-state index < -0.39 is 12.7 Å². The number of hydrogen-bond donors (Lipinski definition) is 1. The minimum atomic E-state index is -4.48. The number of pyridine rings is 1. The number of benzene rings is 1. The molecule has 3 heterocycles. The van der Waals surface area contributed by atoms with Crippen LogP contribution in [0.1, 0.15) is 12.8 Å². The second kappa shape index (κ2) is 9.44. The second-order valence-corrected chi connectivity index (χ2v) is 9.22. The van der Waals surface area contributed by atoms with Crippen molar-refractivity contribution >= 4 is 23.2 Å². The molecule has 1 saturated heterocycles. The van der Waals surface area contributed by atoms with Crippen molar-refractivity contribution in [1.29, 1.82) is 0 Å². The molecule has 0 amide bonds. The van der Waals surface area contributed by atoms with Crippen molar-refractivity contribution < 1.29 is 22.6 Å². The molecule has 2 bridgehead atoms. The first-order chi connectivity index (χ1) is 16.8. The summed E-state index contributed by atoms with van der Waals surface area (Å²) < 4.78 is 51.1. The molecule has 2 aromatic heterocycles. The lowest BCUT2D eigenvalue weighted by Crippen LogP contribution is -2.48. The highest BCUT2D eigenvalue weighted by atomic mass is 35.5. The lowest BCUT2D eigenvalue weighted by molar-refractivity contribution is -0.143. The summed E-state index contributed by atoms with van der Waals surface area (Å²) in [5.41, 5.74) is 1.04. The maximum absolute atomic E-state index is 13.2. The smallest absolute Gasteiger partial charge is 0.408 e. The quantitative estimate of drug-likeness (QED) is 0.480. The van der Waals surface area contributed by atoms with Gasteiger partial charge in [-0.25, -0.2) is 9.67 Å². The molecule has 12 heteroatoms. The lowest BCUT2D eigenvalue weighted by Gasteiger charge is -2.39. The Morgan fingerprint density at radius 3 is 2.60 bits per heavy atom. The van der Waals surface area contributed by atoms with Gasteiger partial charge in [-0.05, 0) is 48.9 Å². The summed E-state index contributed by atoms with van der Waals surface area (Å²) in [4.78, 5) is 10.7. The Hall–Kier alpha value is -3.21. The average molecular weight is 509 g/mol. The molecule has 186 valence electrons. The van der Waals surface area contributed by atoms with Crippen LogP contribution in [0.25, 0.3) is 0 Å². The van der Waals surface area contributed by atoms with Crippen molar-refractivity contribution in [2.45, 2.75) is 31.6 Å². The number of fused-ring (bicyclic) bond motifs is 2. The van der Waals surface area contributed by atoms with Gasteiger partial charge in [0.1, 0.15) is 12.3 Å². The fourth-order valence-corrected chi connectivity index (χ4v) is 5.08. The van der Waals surface area contributed by atoms with Gasteiger partial charge in [0.05, 0.1) is 7.11 Å². The Labute approximate surface area is 205 Å². The summed E-state index contributed by atoms with van der Waals surface area (Å²) in [5, 5.41) is 7.78. The fourth-order valence-electron chi connectivity index (χ4n) is 4.90. The monoisotopic (exact) mass is 508 g/mol. The molecule has 2 fully saturated rings. The third kappa shape index (κ3) is 5.39. The molecule has 1 N–H and O–H groups in total. The summed E-state index contributed by atoms with van der Waals surface area (Å²) >= 11 is 5.97. The first-order valence-corrected chi connectivity index (χ1v) is 11.6. The highest BCUT2D eigenvalue weighted by molar-refractivity contribution is 6.30. The average Bonchev–Trinajstić information content (AvgIpc) is 3.26. The molecule has 1 saturated carbocycles. The summed E-state index contributed by atoms with van der Waals surface area (Å²) in [6.45, 7) is 0.291. The Morgan fingerprint density at radius 1 is 1.14 bits per heavy atom. The minimum Gasteiger partial charge on any atom is -0.481 e. The van der Waals surface area contributed by atoms with E-state index in [0.29, 0.717) is 22.7 Å². The third-order valence-corrected chi connectivity index (χ3v) is 6.63. The van der Waals surface area contributed by atoms with E-state index in [1.54, 1.807) is 31.5 Å². The SMILES string of the molecule is COc1cc(N2C[C@H]3CC[C@@H](C2)C3Nc2nc(Oc3cccc(Cl)c3)n(CC(F)(F)F)n2)ccn1. The van der Waals surface area contributed by atoms with Gasteiger partial charge in [0, 0.05) is 42.1 Å². The van der Waals surface area contributed by atoms with Crippen LogP contribution in [0.4, 0.5) is 24.8 Å². The molecule has 1 aliphatic heterocycles. The molecule has 3 atom stereocenters. The van der Waals surface area contributed by atoms with Gasteiger partial charge in [-0.2, -0.15) is 18.2 Å². The number of alkyl halides is 3. The number of hydrogen-bond acceptors (Lipinski definition) is 7. The van der Waals surface area contributed by atoms with Gasteiger partial charge in [0.15, 0.2) is 0 Å². The summed E-state index contributed by atoms with van der Waals surface area (Å²) in [6, 6.07) is 10.1. The zero-order chi connectivity index (χ0) is 24.6. The summed E-state index contributed by atoms with van der Waals surface area (Å²) in [5.74, 6) is 1.54. The number of halogens is 4. The molecule has 3 aromatic rings. The van der Waals surface area contributed by atoms with Crippen LogP contribution in [-0.2, 0) is 6.54 Å². The normalized spacial score (nSPS) is 21.7. The third-order valence-electron chi connectivity index (χ3n) is 6.39. The fraction of sp³-hybridized carbons (Fsp3) is 0.435. The molecule has 2 aliphatic rings. The van der Waals surface area contributed by atoms with Crippen LogP contribution < -0.4 is 19.7 Å². The first kappa shape index (κ1) is 23.5. The molecule has 1 aliphatic carbocycles. The zero-order valence-electron chi connectivity index (χ0n) is 18.9. The number of anilines is 2. The van der Waals surface area contributed by atoms with Gasteiger partial charge in [-0.15, -0.1) is 5.10 Å². The molecule has 5 rings (SSSR count). The number of nitrogens with one attached hydrogen (secondary N) is 1. The van der Waals surface area contributed by atoms with Gasteiger partial charge < -0.3 is 19.7 Å². The molecule has 0 radical (unpaired) electrons. The molecule has 35 heavy (non-hydrogen) atoms. The molecule has 0 spiro atoms. The standard InChI is InChI=1S/C23H24ClF3N6O2/c1-34-19-10-17(7-8-28-19)32-11-14-5-6-15(12-32)20(14)29-21-30-22(33(31-21)13-23(25,26)27)35-18-4-2-3-16(24)9-18/h2-4,7-10,14-15,20H,5-6,11-13H2,1H3,(H,29,31)/t14-,15+,20?. The van der Waals surface area contributed by atoms with Gasteiger partial charge in [0.2, 0.25) is 11.8 Å². The van der Waals surface area contributed by atoms with Crippen molar-refractivity contribution in [1.82, 2.24) is 19.7 Å². The maximum Gasteiger partial charge on any atom is 0.408 e. The summed E-state index contributed by atoms with van der Waals surface area (Å²) in [6.07, 6.45) is -0.737. The van der Waals surface area contributed by atoms with E-state index in [-0.39, 0.29) is 23.8 Å². The Morgan fingerprint density at radius 2 is 1.91 bits per heavy atom. The predicted molar refractivity (Wildman–Crippen MR) is 124 cm³/mol. The number of aromatic nitrogens is 4. The zero-order valence-corrected chi connectivity index (χ0v) is 19.6. The highest BCUT2D eigenvalue weighted by Crippen LogP contribution is 2.40. The van der Waals surface area contributed by atoms with Crippen LogP contribution in [0.3, 0.4) is 0 Å². The van der Waals surface area contributed by atoms with Gasteiger partial charge in [0.25, 0.3) is 0 Å². The van der Waals surface area contributed by atoms with Crippen LogP contribution >= 0.6 is 11.6 Å². The van der Waals surface area contributed by atoms with Crippen molar-refractivity contribution in [3.05, 3.63) is 47.6 Å². The van der Waals surface area contributed by atoms with E-state index >= 15 is 0 Å². The van der Waals surface area contributed by atoms with Crippen LogP contribution in [0.5, 0.6) is 17.6 Å². The largest absolute Gasteiger partial charge is 0.481 e. The van der Waals surface area contributed by atoms with Crippen molar-refractivity contribution in [3.63, 3.8) is 0 Å². The van der Waals surface area contributed by atoms with E-state index in [4.69, 9.17) is 21.1 Å². The molecule has 8 nitrogen and oxygen atoms in total. The number of nitrogens with zero attached hydrogens (tertiary/aromatic N) is 5. The maximum atomic E-state index is 13.2. The van der Waals surface area contributed by atoms with Crippen molar-refractivity contribution in [3.8, 4) is 17.6 Å². The number of piperidine rings is 1. The topological polar surface area (TPSA) is 77.3 Å². The Bertz CT molecular complexity index is 1180. The minimum absolute atomic E-state index is 0.0516. The number of rotatable bonds is 7. The molecular weight excluding hydrogens is 485 g/mol. The van der Waals surface area contributed by atoms with E-state index in [0.717, 1.165) is 36.3 Å². The van der Waals surface area contributed by atoms with Gasteiger partial charge >= 0.3 is 12.2 Å². The molecule has 1 aromatic carbocycles. The van der Waals surface area contributed by atoms with Crippen LogP contribution in [0, 0.1) is 11.8 Å². The molecule has 1 unspecified atom stereocenters. The molecular formula is C23H24ClF3N6O2. The van der Waals surface area contributed by atoms with Gasteiger partial charge in [-0.1, -0.05) is 17.7 Å². The second-order valence-electron chi connectivity index (χ2n) is 8.78. The Kier molecular flexibility index (Phi) is 6.35. The van der Waals surface area contributed by atoms with E-state index in [1.807, 2.05) is 12.1 Å². The first-order valence-electron chi connectivity index (χ1n) is 11.2. The van der Waals surface area contributed by atoms with Crippen LogP contribution in [0.15, 0.2) is 42.6 Å². The highest BCUT2D eigenvalue weighted by Gasteiger charge is 2.43. The number of ether oxygens (including phenoxy) is 2. The van der Waals surface area contributed by atoms with E-state index in [1.165, 1.54) is 6.07 Å². The lowest BCUT2D eigenvalue weighted by atomic mass is 9.92.